The molecule has 0 bridgehead atoms. The van der Waals surface area contributed by atoms with Crippen molar-refractivity contribution >= 4 is 32.7 Å². The molecule has 3 nitrogen and oxygen atoms in total. The first-order valence-corrected chi connectivity index (χ1v) is 19.1. The molecule has 2 aliphatic rings. The standard InChI is InChI=1S/C32H30NO.C19H16N.Ir/c1-4-16-32(17-5-1)18-13-22(14-19-32)24-15-20-33-29(21-24)28-10-6-9-26-27-12-11-23-7-2-3-8-25(23)30(27)34-31(26)28;1-14-8-11-19(20-13-14)17-10-9-15(2)18(12-17)16-6-4-3-5-7-16;/h2-3,6-9,11-12,15,20-22H,1,4-5,13-14,16-19H2;3-9,11-13H,1-2H3;/q2*-1;/i22D;1D2,2D3;. The zero-order valence-electron chi connectivity index (χ0n) is 36.7. The van der Waals surface area contributed by atoms with E-state index in [-0.39, 0.29) is 25.7 Å². The number of aryl methyl sites for hydroxylation is 2. The zero-order chi connectivity index (χ0) is 41.5. The molecule has 1 radical (unpaired) electrons. The van der Waals surface area contributed by atoms with Gasteiger partial charge in [-0.05, 0) is 90.7 Å². The van der Waals surface area contributed by atoms with Crippen LogP contribution in [0.5, 0.6) is 0 Å². The molecular formula is C51H46IrN2O-2. The second-order valence-electron chi connectivity index (χ2n) is 15.0. The van der Waals surface area contributed by atoms with Crippen LogP contribution in [-0.4, -0.2) is 9.97 Å². The van der Waals surface area contributed by atoms with Gasteiger partial charge in [0.15, 0.2) is 0 Å². The van der Waals surface area contributed by atoms with E-state index in [1.54, 1.807) is 18.2 Å². The molecule has 0 unspecified atom stereocenters. The number of hydrogen-bond donors (Lipinski definition) is 0. The van der Waals surface area contributed by atoms with Gasteiger partial charge >= 0.3 is 0 Å². The van der Waals surface area contributed by atoms with E-state index in [0.717, 1.165) is 62.6 Å². The second kappa shape index (κ2) is 16.1. The molecule has 277 valence electrons. The molecule has 2 saturated carbocycles. The average molecular weight is 901 g/mol. The Morgan fingerprint density at radius 3 is 2.36 bits per heavy atom. The van der Waals surface area contributed by atoms with Crippen molar-refractivity contribution in [1.82, 2.24) is 9.97 Å². The van der Waals surface area contributed by atoms with Crippen molar-refractivity contribution in [2.45, 2.75) is 77.4 Å². The van der Waals surface area contributed by atoms with Gasteiger partial charge in [-0.2, -0.15) is 0 Å². The van der Waals surface area contributed by atoms with Crippen molar-refractivity contribution in [1.29, 1.82) is 0 Å². The maximum absolute atomic E-state index is 9.40. The molecule has 5 aromatic carbocycles. The van der Waals surface area contributed by atoms with Gasteiger partial charge in [0.1, 0.15) is 5.58 Å². The largest absolute Gasteiger partial charge is 0.500 e. The topological polar surface area (TPSA) is 38.9 Å². The van der Waals surface area contributed by atoms with Gasteiger partial charge in [-0.1, -0.05) is 133 Å². The molecule has 0 aliphatic heterocycles. The average Bonchev–Trinajstić information content (AvgIpc) is 3.68. The van der Waals surface area contributed by atoms with Crippen LogP contribution < -0.4 is 0 Å². The summed E-state index contributed by atoms with van der Waals surface area (Å²) in [4.78, 5) is 9.01. The summed E-state index contributed by atoms with van der Waals surface area (Å²) in [6, 6.07) is 43.4. The Morgan fingerprint density at radius 2 is 1.56 bits per heavy atom. The number of rotatable bonds is 4. The van der Waals surface area contributed by atoms with E-state index in [0.29, 0.717) is 27.8 Å². The number of pyridine rings is 2. The Labute approximate surface area is 347 Å². The van der Waals surface area contributed by atoms with Crippen molar-refractivity contribution in [3.8, 4) is 33.6 Å². The smallest absolute Gasteiger partial charge is 0.128 e. The van der Waals surface area contributed by atoms with Crippen LogP contribution in [0, 0.1) is 31.3 Å². The Hall–Kier alpha value is -4.89. The first-order chi connectivity index (χ1) is 29.0. The molecule has 3 aromatic heterocycles. The van der Waals surface area contributed by atoms with E-state index in [1.807, 2.05) is 42.6 Å². The molecule has 0 saturated heterocycles. The van der Waals surface area contributed by atoms with Gasteiger partial charge in [0, 0.05) is 51.5 Å². The van der Waals surface area contributed by atoms with Crippen molar-refractivity contribution in [2.24, 2.45) is 5.41 Å². The Morgan fingerprint density at radius 1 is 0.745 bits per heavy atom. The molecule has 55 heavy (non-hydrogen) atoms. The van der Waals surface area contributed by atoms with Crippen molar-refractivity contribution in [2.75, 3.05) is 0 Å². The van der Waals surface area contributed by atoms with Crippen LogP contribution in [0.2, 0.25) is 0 Å². The number of fused-ring (bicyclic) bond motifs is 5. The summed E-state index contributed by atoms with van der Waals surface area (Å²) in [5, 5.41) is 4.50. The van der Waals surface area contributed by atoms with Crippen molar-refractivity contribution in [3.63, 3.8) is 0 Å². The van der Waals surface area contributed by atoms with Crippen LogP contribution >= 0.6 is 0 Å². The maximum atomic E-state index is 9.40. The van der Waals surface area contributed by atoms with Gasteiger partial charge < -0.3 is 14.4 Å². The van der Waals surface area contributed by atoms with Gasteiger partial charge in [-0.25, -0.2) is 0 Å². The number of furan rings is 1. The third-order valence-electron chi connectivity index (χ3n) is 11.7. The van der Waals surface area contributed by atoms with Crippen molar-refractivity contribution < 1.29 is 32.7 Å². The van der Waals surface area contributed by atoms with Gasteiger partial charge in [0.2, 0.25) is 0 Å². The maximum Gasteiger partial charge on any atom is 0.128 e. The predicted octanol–water partition coefficient (Wildman–Crippen LogP) is 14.0. The van der Waals surface area contributed by atoms with E-state index < -0.39 is 19.6 Å². The molecule has 2 fully saturated rings. The van der Waals surface area contributed by atoms with Gasteiger partial charge in [-0.3, -0.25) is 0 Å². The van der Waals surface area contributed by atoms with Crippen LogP contribution in [0.25, 0.3) is 66.4 Å². The molecule has 2 aliphatic carbocycles. The van der Waals surface area contributed by atoms with Crippen LogP contribution in [0.15, 0.2) is 132 Å². The first kappa shape index (κ1) is 30.3. The van der Waals surface area contributed by atoms with E-state index in [9.17, 15) is 1.37 Å². The van der Waals surface area contributed by atoms with Crippen LogP contribution in [-0.2, 0) is 20.1 Å². The Kier molecular flexibility index (Phi) is 8.86. The van der Waals surface area contributed by atoms with E-state index in [1.165, 1.54) is 62.6 Å². The number of benzene rings is 5. The molecule has 10 rings (SSSR count). The fourth-order valence-corrected chi connectivity index (χ4v) is 8.68. The third kappa shape index (κ3) is 7.55. The summed E-state index contributed by atoms with van der Waals surface area (Å²) in [5.41, 5.74) is 8.55. The minimum atomic E-state index is -2.23. The normalized spacial score (nSPS) is 17.9. The molecule has 4 heteroatoms. The second-order valence-corrected chi connectivity index (χ2v) is 15.0. The number of aromatic nitrogens is 2. The number of hydrogen-bond acceptors (Lipinski definition) is 3. The van der Waals surface area contributed by atoms with Crippen LogP contribution in [0.1, 0.15) is 88.6 Å². The fraction of sp³-hybridized carbons (Fsp3) is 0.255. The van der Waals surface area contributed by atoms with E-state index in [4.69, 9.17) is 16.3 Å². The van der Waals surface area contributed by atoms with Crippen LogP contribution in [0.3, 0.4) is 0 Å². The SMILES string of the molecule is [2H]C([2H])c1ccc(-c2[c-]cc(C([2H])([2H])[2H])c(-c3ccccc3)c2)nc1.[2H]C1(c2ccnc(-c3[c-]ccc4c3oc3c5ccccc5ccc43)c2)CCC2(CCCCC2)CC1.[Ir]. The molecular weight excluding hydrogens is 849 g/mol. The number of nitrogens with zero attached hydrogens (tertiary/aromatic N) is 2. The summed E-state index contributed by atoms with van der Waals surface area (Å²) in [6.07, 6.45) is 14.5. The summed E-state index contributed by atoms with van der Waals surface area (Å²) >= 11 is 0. The quantitative estimate of drug-likeness (QED) is 0.165. The first-order valence-electron chi connectivity index (χ1n) is 22.3. The van der Waals surface area contributed by atoms with E-state index in [2.05, 4.69) is 71.7 Å². The third-order valence-corrected chi connectivity index (χ3v) is 11.7. The molecule has 0 amide bonds. The minimum absolute atomic E-state index is 0. The molecule has 0 atom stereocenters. The summed E-state index contributed by atoms with van der Waals surface area (Å²) in [5.74, 6) is -0.529. The minimum Gasteiger partial charge on any atom is -0.500 e. The van der Waals surface area contributed by atoms with Gasteiger partial charge in [0.05, 0.1) is 5.58 Å². The summed E-state index contributed by atoms with van der Waals surface area (Å²) < 4.78 is 54.0. The molecule has 8 aromatic rings. The summed E-state index contributed by atoms with van der Waals surface area (Å²) in [6.45, 7) is -3.32. The van der Waals surface area contributed by atoms with E-state index >= 15 is 0 Å². The molecule has 1 spiro atoms. The van der Waals surface area contributed by atoms with Crippen LogP contribution in [0.4, 0.5) is 0 Å². The molecule has 0 N–H and O–H groups in total. The Bertz CT molecular complexity index is 2790. The Balaban J connectivity index is 0.000000176. The summed E-state index contributed by atoms with van der Waals surface area (Å²) in [7, 11) is 0. The van der Waals surface area contributed by atoms with Crippen molar-refractivity contribution in [3.05, 3.63) is 156 Å². The fourth-order valence-electron chi connectivity index (χ4n) is 8.68. The monoisotopic (exact) mass is 901 g/mol. The van der Waals surface area contributed by atoms with Gasteiger partial charge in [0.25, 0.3) is 0 Å². The van der Waals surface area contributed by atoms with Gasteiger partial charge in [-0.15, -0.1) is 47.5 Å². The molecule has 3 heterocycles. The zero-order valence-corrected chi connectivity index (χ0v) is 33.1. The predicted molar refractivity (Wildman–Crippen MR) is 223 cm³/mol.